The molecule has 0 aliphatic rings. The Bertz CT molecular complexity index is 536. The van der Waals surface area contributed by atoms with E-state index >= 15 is 0 Å². The van der Waals surface area contributed by atoms with E-state index in [1.54, 1.807) is 10.9 Å². The summed E-state index contributed by atoms with van der Waals surface area (Å²) in [4.78, 5) is 10.6. The lowest BCUT2D eigenvalue weighted by Gasteiger charge is -2.15. The first-order valence-electron chi connectivity index (χ1n) is 5.94. The van der Waals surface area contributed by atoms with Crippen molar-refractivity contribution >= 4 is 5.82 Å². The van der Waals surface area contributed by atoms with E-state index in [1.807, 2.05) is 37.5 Å². The highest BCUT2D eigenvalue weighted by atomic mass is 15.3. The Hall–Kier alpha value is -1.91. The molecule has 2 aromatic rings. The van der Waals surface area contributed by atoms with Crippen LogP contribution >= 0.6 is 0 Å². The Morgan fingerprint density at radius 2 is 1.94 bits per heavy atom. The van der Waals surface area contributed by atoms with Gasteiger partial charge in [-0.2, -0.15) is 10.1 Å². The standard InChI is InChI=1S/C13H19N5/c1-13(2,3)10-8-15-18(9-10)12-14-7-6-11(16-12)17(4)5/h6-9H,1-5H3. The number of rotatable bonds is 2. The largest absolute Gasteiger partial charge is 0.363 e. The molecule has 0 bridgehead atoms. The van der Waals surface area contributed by atoms with Crippen molar-refractivity contribution in [2.45, 2.75) is 26.2 Å². The van der Waals surface area contributed by atoms with Crippen LogP contribution in [0.3, 0.4) is 0 Å². The normalized spacial score (nSPS) is 11.6. The fraction of sp³-hybridized carbons (Fsp3) is 0.462. The summed E-state index contributed by atoms with van der Waals surface area (Å²) in [5, 5.41) is 4.33. The summed E-state index contributed by atoms with van der Waals surface area (Å²) in [7, 11) is 3.91. The molecule has 18 heavy (non-hydrogen) atoms. The molecular formula is C13H19N5. The van der Waals surface area contributed by atoms with E-state index in [1.165, 1.54) is 5.56 Å². The molecule has 5 nitrogen and oxygen atoms in total. The van der Waals surface area contributed by atoms with Gasteiger partial charge in [0.05, 0.1) is 6.20 Å². The Balaban J connectivity index is 2.37. The summed E-state index contributed by atoms with van der Waals surface area (Å²) in [5.74, 6) is 1.46. The van der Waals surface area contributed by atoms with Crippen molar-refractivity contribution in [1.82, 2.24) is 19.7 Å². The van der Waals surface area contributed by atoms with Gasteiger partial charge in [-0.25, -0.2) is 9.67 Å². The van der Waals surface area contributed by atoms with Gasteiger partial charge in [-0.3, -0.25) is 0 Å². The zero-order valence-electron chi connectivity index (χ0n) is 11.5. The summed E-state index contributed by atoms with van der Waals surface area (Å²) in [6.07, 6.45) is 5.59. The van der Waals surface area contributed by atoms with E-state index in [2.05, 4.69) is 35.8 Å². The van der Waals surface area contributed by atoms with Gasteiger partial charge < -0.3 is 4.90 Å². The molecule has 0 aliphatic carbocycles. The number of hydrogen-bond donors (Lipinski definition) is 0. The first-order valence-corrected chi connectivity index (χ1v) is 5.94. The predicted molar refractivity (Wildman–Crippen MR) is 72.2 cm³/mol. The van der Waals surface area contributed by atoms with Crippen LogP contribution in [0.25, 0.3) is 5.95 Å². The van der Waals surface area contributed by atoms with Gasteiger partial charge in [0.25, 0.3) is 5.95 Å². The number of nitrogens with zero attached hydrogens (tertiary/aromatic N) is 5. The minimum Gasteiger partial charge on any atom is -0.363 e. The first-order chi connectivity index (χ1) is 8.38. The molecule has 0 unspecified atom stereocenters. The Labute approximate surface area is 107 Å². The monoisotopic (exact) mass is 245 g/mol. The van der Waals surface area contributed by atoms with Crippen LogP contribution in [0.2, 0.25) is 0 Å². The summed E-state index contributed by atoms with van der Waals surface area (Å²) >= 11 is 0. The van der Waals surface area contributed by atoms with Crippen LogP contribution in [0.5, 0.6) is 0 Å². The van der Waals surface area contributed by atoms with Crippen LogP contribution in [0.1, 0.15) is 26.3 Å². The highest BCUT2D eigenvalue weighted by Gasteiger charge is 2.16. The van der Waals surface area contributed by atoms with E-state index in [0.717, 1.165) is 5.82 Å². The molecular weight excluding hydrogens is 226 g/mol. The molecule has 0 aliphatic heterocycles. The van der Waals surface area contributed by atoms with Gasteiger partial charge in [-0.15, -0.1) is 0 Å². The third-order valence-electron chi connectivity index (χ3n) is 2.74. The third kappa shape index (κ3) is 2.50. The molecule has 0 spiro atoms. The zero-order chi connectivity index (χ0) is 13.3. The smallest absolute Gasteiger partial charge is 0.252 e. The molecule has 0 N–H and O–H groups in total. The number of aromatic nitrogens is 4. The van der Waals surface area contributed by atoms with Gasteiger partial charge in [0.1, 0.15) is 5.82 Å². The Morgan fingerprint density at radius 1 is 1.22 bits per heavy atom. The molecule has 0 radical (unpaired) electrons. The molecule has 0 fully saturated rings. The van der Waals surface area contributed by atoms with Crippen LogP contribution in [0.4, 0.5) is 5.82 Å². The van der Waals surface area contributed by atoms with Crippen LogP contribution in [0.15, 0.2) is 24.7 Å². The molecule has 0 saturated heterocycles. The fourth-order valence-corrected chi connectivity index (χ4v) is 1.52. The summed E-state index contributed by atoms with van der Waals surface area (Å²) in [5.41, 5.74) is 1.25. The lowest BCUT2D eigenvalue weighted by atomic mass is 9.90. The average molecular weight is 245 g/mol. The lowest BCUT2D eigenvalue weighted by molar-refractivity contribution is 0.590. The summed E-state index contributed by atoms with van der Waals surface area (Å²) in [6.45, 7) is 6.47. The van der Waals surface area contributed by atoms with Crippen molar-refractivity contribution in [2.24, 2.45) is 0 Å². The predicted octanol–water partition coefficient (Wildman–Crippen LogP) is 2.03. The summed E-state index contributed by atoms with van der Waals surface area (Å²) in [6, 6.07) is 1.87. The highest BCUT2D eigenvalue weighted by molar-refractivity contribution is 5.37. The van der Waals surface area contributed by atoms with Crippen LogP contribution in [-0.4, -0.2) is 33.8 Å². The second-order valence-electron chi connectivity index (χ2n) is 5.53. The lowest BCUT2D eigenvalue weighted by Crippen LogP contribution is -2.13. The number of hydrogen-bond acceptors (Lipinski definition) is 4. The van der Waals surface area contributed by atoms with Crippen molar-refractivity contribution in [3.8, 4) is 5.95 Å². The SMILES string of the molecule is CN(C)c1ccnc(-n2cc(C(C)(C)C)cn2)n1. The van der Waals surface area contributed by atoms with E-state index in [9.17, 15) is 0 Å². The Kier molecular flexibility index (Phi) is 3.07. The van der Waals surface area contributed by atoms with Crippen molar-refractivity contribution in [2.75, 3.05) is 19.0 Å². The molecule has 96 valence electrons. The van der Waals surface area contributed by atoms with Gasteiger partial charge in [0, 0.05) is 26.5 Å². The van der Waals surface area contributed by atoms with Gasteiger partial charge >= 0.3 is 0 Å². The van der Waals surface area contributed by atoms with Gasteiger partial charge in [-0.1, -0.05) is 20.8 Å². The topological polar surface area (TPSA) is 46.8 Å². The van der Waals surface area contributed by atoms with E-state index < -0.39 is 0 Å². The maximum Gasteiger partial charge on any atom is 0.252 e. The molecule has 0 amide bonds. The van der Waals surface area contributed by atoms with E-state index in [-0.39, 0.29) is 5.41 Å². The van der Waals surface area contributed by atoms with Crippen LogP contribution in [-0.2, 0) is 5.41 Å². The molecule has 2 rings (SSSR count). The zero-order valence-corrected chi connectivity index (χ0v) is 11.5. The fourth-order valence-electron chi connectivity index (χ4n) is 1.52. The van der Waals surface area contributed by atoms with E-state index in [0.29, 0.717) is 5.95 Å². The minimum absolute atomic E-state index is 0.0808. The summed E-state index contributed by atoms with van der Waals surface area (Å²) < 4.78 is 1.72. The van der Waals surface area contributed by atoms with E-state index in [4.69, 9.17) is 0 Å². The highest BCUT2D eigenvalue weighted by Crippen LogP contribution is 2.21. The van der Waals surface area contributed by atoms with Gasteiger partial charge in [0.2, 0.25) is 0 Å². The van der Waals surface area contributed by atoms with Gasteiger partial charge in [0.15, 0.2) is 0 Å². The first kappa shape index (κ1) is 12.5. The average Bonchev–Trinajstić information content (AvgIpc) is 2.78. The molecule has 2 heterocycles. The van der Waals surface area contributed by atoms with Crippen molar-refractivity contribution in [1.29, 1.82) is 0 Å². The molecule has 2 aromatic heterocycles. The second-order valence-corrected chi connectivity index (χ2v) is 5.53. The Morgan fingerprint density at radius 3 is 2.50 bits per heavy atom. The molecule has 0 aromatic carbocycles. The van der Waals surface area contributed by atoms with Crippen LogP contribution in [0, 0.1) is 0 Å². The van der Waals surface area contributed by atoms with Crippen molar-refractivity contribution < 1.29 is 0 Å². The maximum atomic E-state index is 4.45. The molecule has 0 atom stereocenters. The quantitative estimate of drug-likeness (QED) is 0.812. The third-order valence-corrected chi connectivity index (χ3v) is 2.74. The van der Waals surface area contributed by atoms with Gasteiger partial charge in [-0.05, 0) is 17.0 Å². The minimum atomic E-state index is 0.0808. The molecule has 0 saturated carbocycles. The maximum absolute atomic E-state index is 4.45. The van der Waals surface area contributed by atoms with Crippen molar-refractivity contribution in [3.05, 3.63) is 30.2 Å². The number of anilines is 1. The van der Waals surface area contributed by atoms with Crippen LogP contribution < -0.4 is 4.90 Å². The van der Waals surface area contributed by atoms with Crippen molar-refractivity contribution in [3.63, 3.8) is 0 Å². The second kappa shape index (κ2) is 4.40. The molecule has 5 heteroatoms.